The average Bonchev–Trinajstić information content (AvgIpc) is 2.68. The van der Waals surface area contributed by atoms with E-state index in [9.17, 15) is 17.6 Å². The van der Waals surface area contributed by atoms with Gasteiger partial charge in [-0.25, -0.2) is 18.3 Å². The maximum atomic E-state index is 14.2. The lowest BCUT2D eigenvalue weighted by molar-refractivity contribution is -0.134. The minimum atomic E-state index is -4.10. The van der Waals surface area contributed by atoms with Crippen LogP contribution < -0.4 is 5.48 Å². The molecule has 3 rings (SSSR count). The fourth-order valence-corrected chi connectivity index (χ4v) is 5.25. The molecule has 1 fully saturated rings. The molecule has 0 unspecified atom stereocenters. The minimum Gasteiger partial charge on any atom is -0.381 e. The Kier molecular flexibility index (Phi) is 5.32. The highest BCUT2D eigenvalue weighted by Crippen LogP contribution is 2.36. The van der Waals surface area contributed by atoms with E-state index in [1.54, 1.807) is 19.1 Å². The van der Waals surface area contributed by atoms with E-state index in [2.05, 4.69) is 0 Å². The lowest BCUT2D eigenvalue weighted by atomic mass is 9.98. The van der Waals surface area contributed by atoms with Crippen molar-refractivity contribution in [2.24, 2.45) is 0 Å². The molecule has 0 saturated carbocycles. The quantitative estimate of drug-likeness (QED) is 0.615. The highest BCUT2D eigenvalue weighted by atomic mass is 32.2. The molecule has 2 aromatic rings. The maximum Gasteiger partial charge on any atom is 0.265 e. The molecular weight excluding hydrogens is 373 g/mol. The summed E-state index contributed by atoms with van der Waals surface area (Å²) >= 11 is 0. The van der Waals surface area contributed by atoms with Crippen molar-refractivity contribution >= 4 is 15.7 Å². The Morgan fingerprint density at radius 3 is 2.33 bits per heavy atom. The Bertz CT molecular complexity index is 951. The topological polar surface area (TPSA) is 92.7 Å². The zero-order chi connectivity index (χ0) is 19.7. The summed E-state index contributed by atoms with van der Waals surface area (Å²) in [6, 6.07) is 10.5. The summed E-state index contributed by atoms with van der Waals surface area (Å²) in [4.78, 5) is 12.2. The molecule has 8 heteroatoms. The first-order chi connectivity index (χ1) is 12.8. The lowest BCUT2D eigenvalue weighted by Gasteiger charge is -2.34. The van der Waals surface area contributed by atoms with E-state index in [-0.39, 0.29) is 31.0 Å². The van der Waals surface area contributed by atoms with Gasteiger partial charge < -0.3 is 4.74 Å². The molecule has 6 nitrogen and oxygen atoms in total. The number of ether oxygens (including phenoxy) is 1. The van der Waals surface area contributed by atoms with Crippen LogP contribution >= 0.6 is 0 Å². The van der Waals surface area contributed by atoms with E-state index in [0.29, 0.717) is 11.1 Å². The molecule has 2 N–H and O–H groups in total. The normalized spacial score (nSPS) is 16.7. The second-order valence-corrected chi connectivity index (χ2v) is 8.82. The van der Waals surface area contributed by atoms with Gasteiger partial charge in [-0.15, -0.1) is 0 Å². The molecule has 144 valence electrons. The summed E-state index contributed by atoms with van der Waals surface area (Å²) < 4.78 is 43.9. The van der Waals surface area contributed by atoms with Crippen molar-refractivity contribution in [2.45, 2.75) is 29.4 Å². The molecule has 1 saturated heterocycles. The third kappa shape index (κ3) is 3.36. The van der Waals surface area contributed by atoms with Gasteiger partial charge in [-0.3, -0.25) is 10.0 Å². The van der Waals surface area contributed by atoms with E-state index in [1.807, 2.05) is 0 Å². The SMILES string of the molecule is Cc1ccc(-c2ccc(S(=O)(=O)C3(C(=O)NO)CCOCC3)cc2)c(F)c1. The molecule has 0 radical (unpaired) electrons. The van der Waals surface area contributed by atoms with E-state index in [1.165, 1.54) is 35.8 Å². The largest absolute Gasteiger partial charge is 0.381 e. The number of hydrogen-bond donors (Lipinski definition) is 2. The number of hydrogen-bond acceptors (Lipinski definition) is 5. The molecule has 0 atom stereocenters. The molecule has 0 aromatic heterocycles. The number of amides is 1. The predicted octanol–water partition coefficient (Wildman–Crippen LogP) is 2.63. The van der Waals surface area contributed by atoms with Crippen molar-refractivity contribution in [2.75, 3.05) is 13.2 Å². The fourth-order valence-electron chi connectivity index (χ4n) is 3.31. The smallest absolute Gasteiger partial charge is 0.265 e. The summed E-state index contributed by atoms with van der Waals surface area (Å²) in [5.41, 5.74) is 3.15. The first kappa shape index (κ1) is 19.5. The van der Waals surface area contributed by atoms with Crippen LogP contribution in [0, 0.1) is 12.7 Å². The number of halogens is 1. The third-order valence-corrected chi connectivity index (χ3v) is 7.45. The van der Waals surface area contributed by atoms with Gasteiger partial charge in [-0.2, -0.15) is 0 Å². The molecule has 1 aliphatic heterocycles. The zero-order valence-electron chi connectivity index (χ0n) is 14.7. The summed E-state index contributed by atoms with van der Waals surface area (Å²) in [5, 5.41) is 9.06. The van der Waals surface area contributed by atoms with Gasteiger partial charge in [0.2, 0.25) is 0 Å². The van der Waals surface area contributed by atoms with Gasteiger partial charge in [0.05, 0.1) is 4.90 Å². The second kappa shape index (κ2) is 7.38. The van der Waals surface area contributed by atoms with Crippen molar-refractivity contribution in [1.82, 2.24) is 5.48 Å². The monoisotopic (exact) mass is 393 g/mol. The number of sulfone groups is 1. The van der Waals surface area contributed by atoms with Crippen LogP contribution in [0.5, 0.6) is 0 Å². The van der Waals surface area contributed by atoms with Crippen LogP contribution in [0.3, 0.4) is 0 Å². The first-order valence-electron chi connectivity index (χ1n) is 8.45. The second-order valence-electron chi connectivity index (χ2n) is 6.56. The number of carbonyl (C=O) groups excluding carboxylic acids is 1. The van der Waals surface area contributed by atoms with Gasteiger partial charge in [0, 0.05) is 18.8 Å². The van der Waals surface area contributed by atoms with Gasteiger partial charge in [0.1, 0.15) is 5.82 Å². The van der Waals surface area contributed by atoms with Gasteiger partial charge in [0.15, 0.2) is 14.6 Å². The number of rotatable bonds is 4. The Morgan fingerprint density at radius 2 is 1.78 bits per heavy atom. The standard InChI is InChI=1S/C19H20FNO5S/c1-13-2-7-16(17(20)12-13)14-3-5-15(6-4-14)27(24,25)19(18(22)21-23)8-10-26-11-9-19/h2-7,12,23H,8-11H2,1H3,(H,21,22). The zero-order valence-corrected chi connectivity index (χ0v) is 15.6. The van der Waals surface area contributed by atoms with Crippen molar-refractivity contribution in [3.05, 3.63) is 53.8 Å². The number of nitrogens with one attached hydrogen (secondary N) is 1. The van der Waals surface area contributed by atoms with Gasteiger partial charge in [0.25, 0.3) is 5.91 Å². The Hall–Kier alpha value is -2.29. The Labute approximate surface area is 156 Å². The summed E-state index contributed by atoms with van der Waals surface area (Å²) in [6.45, 7) is 1.97. The van der Waals surface area contributed by atoms with Crippen LogP contribution in [0.4, 0.5) is 4.39 Å². The van der Waals surface area contributed by atoms with Crippen LogP contribution in [-0.4, -0.2) is 37.5 Å². The van der Waals surface area contributed by atoms with Crippen LogP contribution in [0.15, 0.2) is 47.4 Å². The molecule has 1 amide bonds. The predicted molar refractivity (Wildman–Crippen MR) is 96.5 cm³/mol. The molecule has 1 heterocycles. The first-order valence-corrected chi connectivity index (χ1v) is 9.94. The van der Waals surface area contributed by atoms with Crippen molar-refractivity contribution in [3.63, 3.8) is 0 Å². The van der Waals surface area contributed by atoms with E-state index in [4.69, 9.17) is 9.94 Å². The molecule has 0 spiro atoms. The number of hydroxylamine groups is 1. The van der Waals surface area contributed by atoms with Crippen LogP contribution in [0.1, 0.15) is 18.4 Å². The molecule has 27 heavy (non-hydrogen) atoms. The van der Waals surface area contributed by atoms with Crippen molar-refractivity contribution < 1.29 is 27.5 Å². The van der Waals surface area contributed by atoms with E-state index in [0.717, 1.165) is 5.56 Å². The molecule has 2 aromatic carbocycles. The Balaban J connectivity index is 2.01. The number of aryl methyl sites for hydroxylation is 1. The van der Waals surface area contributed by atoms with Gasteiger partial charge in [-0.05, 0) is 49.1 Å². The van der Waals surface area contributed by atoms with Gasteiger partial charge >= 0.3 is 0 Å². The lowest BCUT2D eigenvalue weighted by Crippen LogP contribution is -2.54. The average molecular weight is 393 g/mol. The molecular formula is C19H20FNO5S. The summed E-state index contributed by atoms with van der Waals surface area (Å²) in [7, 11) is -4.10. The Morgan fingerprint density at radius 1 is 1.15 bits per heavy atom. The number of carbonyl (C=O) groups is 1. The third-order valence-electron chi connectivity index (χ3n) is 4.93. The van der Waals surface area contributed by atoms with Crippen molar-refractivity contribution in [3.8, 4) is 11.1 Å². The van der Waals surface area contributed by atoms with E-state index < -0.39 is 26.3 Å². The van der Waals surface area contributed by atoms with Crippen molar-refractivity contribution in [1.29, 1.82) is 0 Å². The fraction of sp³-hybridized carbons (Fsp3) is 0.316. The van der Waals surface area contributed by atoms with Crippen LogP contribution in [0.2, 0.25) is 0 Å². The molecule has 0 aliphatic carbocycles. The maximum absolute atomic E-state index is 14.2. The summed E-state index contributed by atoms with van der Waals surface area (Å²) in [6.07, 6.45) is -0.119. The molecule has 1 aliphatic rings. The minimum absolute atomic E-state index is 0.0595. The van der Waals surface area contributed by atoms with E-state index >= 15 is 0 Å². The highest BCUT2D eigenvalue weighted by Gasteiger charge is 2.52. The number of benzene rings is 2. The van der Waals surface area contributed by atoms with Crippen LogP contribution in [-0.2, 0) is 19.4 Å². The van der Waals surface area contributed by atoms with Gasteiger partial charge in [-0.1, -0.05) is 24.3 Å². The highest BCUT2D eigenvalue weighted by molar-refractivity contribution is 7.93. The summed E-state index contributed by atoms with van der Waals surface area (Å²) in [5.74, 6) is -1.37. The van der Waals surface area contributed by atoms with Crippen LogP contribution in [0.25, 0.3) is 11.1 Å². The molecule has 0 bridgehead atoms.